The number of hydrogen-bond acceptors (Lipinski definition) is 4. The number of aliphatic carboxylic acids is 1. The number of carbonyl (C=O) groups is 1. The summed E-state index contributed by atoms with van der Waals surface area (Å²) in [4.78, 5) is 12.1. The number of nitrogens with one attached hydrogen (secondary N) is 1. The molecule has 0 saturated carbocycles. The van der Waals surface area contributed by atoms with E-state index < -0.39 is 27.5 Å². The second-order valence-corrected chi connectivity index (χ2v) is 5.26. The Bertz CT molecular complexity index is 366. The molecule has 10 heteroatoms. The number of carboxylic acids is 1. The van der Waals surface area contributed by atoms with Crippen molar-refractivity contribution in [1.29, 1.82) is 0 Å². The van der Waals surface area contributed by atoms with Gasteiger partial charge in [0.1, 0.15) is 6.04 Å². The number of rotatable bonds is 6. The van der Waals surface area contributed by atoms with Crippen molar-refractivity contribution in [3.05, 3.63) is 0 Å². The lowest BCUT2D eigenvalue weighted by Crippen LogP contribution is -2.47. The van der Waals surface area contributed by atoms with Crippen LogP contribution in [0.2, 0.25) is 0 Å². The zero-order valence-electron chi connectivity index (χ0n) is 9.15. The fraction of sp³-hybridized carbons (Fsp3) is 0.857. The Morgan fingerprint density at radius 3 is 2.18 bits per heavy atom. The maximum atomic E-state index is 12.0. The average molecular weight is 278 g/mol. The lowest BCUT2D eigenvalue weighted by atomic mass is 10.2. The molecule has 1 unspecified atom stereocenters. The minimum atomic E-state index is -5.64. The van der Waals surface area contributed by atoms with Crippen molar-refractivity contribution < 1.29 is 31.5 Å². The third kappa shape index (κ3) is 5.33. The molecule has 0 rings (SSSR count). The molecule has 0 fully saturated rings. The quantitative estimate of drug-likeness (QED) is 0.704. The van der Waals surface area contributed by atoms with E-state index in [0.29, 0.717) is 0 Å². The Balaban J connectivity index is 4.73. The molecule has 0 aromatic rings. The molecule has 0 bridgehead atoms. The van der Waals surface area contributed by atoms with E-state index in [-0.39, 0.29) is 13.0 Å². The highest BCUT2D eigenvalue weighted by Gasteiger charge is 2.47. The van der Waals surface area contributed by atoms with Crippen LogP contribution in [0.3, 0.4) is 0 Å². The van der Waals surface area contributed by atoms with Crippen LogP contribution in [0, 0.1) is 0 Å². The van der Waals surface area contributed by atoms with E-state index in [4.69, 9.17) is 5.11 Å². The van der Waals surface area contributed by atoms with Crippen LogP contribution in [0.4, 0.5) is 13.2 Å². The molecular formula is C7H13F3N2O4S. The minimum absolute atomic E-state index is 0.136. The van der Waals surface area contributed by atoms with Crippen molar-refractivity contribution in [3.63, 3.8) is 0 Å². The molecule has 2 N–H and O–H groups in total. The third-order valence-corrected chi connectivity index (χ3v) is 2.97. The average Bonchev–Trinajstić information content (AvgIpc) is 2.09. The first-order valence-electron chi connectivity index (χ1n) is 4.43. The van der Waals surface area contributed by atoms with Crippen molar-refractivity contribution >= 4 is 16.0 Å². The van der Waals surface area contributed by atoms with E-state index in [9.17, 15) is 26.4 Å². The zero-order chi connectivity index (χ0) is 13.9. The lowest BCUT2D eigenvalue weighted by Gasteiger charge is -2.17. The molecule has 0 aromatic carbocycles. The zero-order valence-corrected chi connectivity index (χ0v) is 9.97. The summed E-state index contributed by atoms with van der Waals surface area (Å²) in [6, 6.07) is -1.80. The van der Waals surface area contributed by atoms with Crippen molar-refractivity contribution in [2.75, 3.05) is 20.6 Å². The van der Waals surface area contributed by atoms with E-state index >= 15 is 0 Å². The smallest absolute Gasteiger partial charge is 0.480 e. The molecule has 0 amide bonds. The molecule has 0 spiro atoms. The van der Waals surface area contributed by atoms with Gasteiger partial charge < -0.3 is 10.0 Å². The largest absolute Gasteiger partial charge is 0.511 e. The van der Waals surface area contributed by atoms with Crippen LogP contribution < -0.4 is 4.72 Å². The second kappa shape index (κ2) is 5.65. The van der Waals surface area contributed by atoms with Gasteiger partial charge in [-0.2, -0.15) is 17.9 Å². The van der Waals surface area contributed by atoms with Gasteiger partial charge in [0.05, 0.1) is 0 Å². The molecule has 0 saturated heterocycles. The van der Waals surface area contributed by atoms with Crippen LogP contribution in [-0.4, -0.2) is 56.6 Å². The van der Waals surface area contributed by atoms with Crippen molar-refractivity contribution in [2.45, 2.75) is 18.0 Å². The van der Waals surface area contributed by atoms with Gasteiger partial charge in [0.25, 0.3) is 0 Å². The molecule has 0 aliphatic rings. The predicted octanol–water partition coefficient (Wildman–Crippen LogP) is -0.169. The molecule has 6 nitrogen and oxygen atoms in total. The van der Waals surface area contributed by atoms with Crippen LogP contribution in [0.5, 0.6) is 0 Å². The molecular weight excluding hydrogens is 265 g/mol. The molecule has 17 heavy (non-hydrogen) atoms. The SMILES string of the molecule is CN(C)CCC(NS(=O)(=O)C(F)(F)F)C(=O)O. The van der Waals surface area contributed by atoms with Crippen LogP contribution in [-0.2, 0) is 14.8 Å². The van der Waals surface area contributed by atoms with Gasteiger partial charge in [0, 0.05) is 0 Å². The van der Waals surface area contributed by atoms with E-state index in [1.807, 2.05) is 0 Å². The van der Waals surface area contributed by atoms with Gasteiger partial charge in [-0.25, -0.2) is 8.42 Å². The van der Waals surface area contributed by atoms with Crippen LogP contribution >= 0.6 is 0 Å². The van der Waals surface area contributed by atoms with E-state index in [0.717, 1.165) is 4.72 Å². The summed E-state index contributed by atoms with van der Waals surface area (Å²) in [7, 11) is -2.48. The molecule has 1 atom stereocenters. The fourth-order valence-electron chi connectivity index (χ4n) is 0.874. The Kier molecular flexibility index (Phi) is 5.36. The minimum Gasteiger partial charge on any atom is -0.480 e. The maximum absolute atomic E-state index is 12.0. The topological polar surface area (TPSA) is 86.7 Å². The number of alkyl halides is 3. The summed E-state index contributed by atoms with van der Waals surface area (Å²) in [5.74, 6) is -1.65. The van der Waals surface area contributed by atoms with Gasteiger partial charge in [0.15, 0.2) is 0 Å². The van der Waals surface area contributed by atoms with Crippen LogP contribution in [0.15, 0.2) is 0 Å². The summed E-state index contributed by atoms with van der Waals surface area (Å²) in [6.45, 7) is 0.136. The Labute approximate surface area is 96.5 Å². The predicted molar refractivity (Wildman–Crippen MR) is 52.7 cm³/mol. The number of sulfonamides is 1. The summed E-state index contributed by atoms with van der Waals surface area (Å²) in [5.41, 5.74) is -5.52. The number of carboxylic acid groups (broad SMARTS) is 1. The highest BCUT2D eigenvalue weighted by molar-refractivity contribution is 7.90. The first-order valence-corrected chi connectivity index (χ1v) is 5.92. The molecule has 0 aliphatic carbocycles. The Morgan fingerprint density at radius 2 is 1.88 bits per heavy atom. The molecule has 0 radical (unpaired) electrons. The summed E-state index contributed by atoms with van der Waals surface area (Å²) in [5, 5.41) is 8.60. The van der Waals surface area contributed by atoms with E-state index in [1.54, 1.807) is 14.1 Å². The lowest BCUT2D eigenvalue weighted by molar-refractivity contribution is -0.139. The first kappa shape index (κ1) is 16.1. The van der Waals surface area contributed by atoms with Gasteiger partial charge in [-0.05, 0) is 27.1 Å². The molecule has 0 aromatic heterocycles. The highest BCUT2D eigenvalue weighted by atomic mass is 32.2. The second-order valence-electron chi connectivity index (χ2n) is 3.55. The van der Waals surface area contributed by atoms with Gasteiger partial charge in [-0.1, -0.05) is 0 Å². The van der Waals surface area contributed by atoms with Gasteiger partial charge in [0.2, 0.25) is 0 Å². The Morgan fingerprint density at radius 1 is 1.41 bits per heavy atom. The number of nitrogens with zero attached hydrogens (tertiary/aromatic N) is 1. The number of hydrogen-bond donors (Lipinski definition) is 2. The summed E-state index contributed by atoms with van der Waals surface area (Å²) < 4.78 is 58.5. The van der Waals surface area contributed by atoms with Crippen LogP contribution in [0.1, 0.15) is 6.42 Å². The third-order valence-electron chi connectivity index (χ3n) is 1.77. The van der Waals surface area contributed by atoms with Crippen molar-refractivity contribution in [1.82, 2.24) is 9.62 Å². The monoisotopic (exact) mass is 278 g/mol. The van der Waals surface area contributed by atoms with Gasteiger partial charge in [-0.3, -0.25) is 4.79 Å². The van der Waals surface area contributed by atoms with E-state index in [1.165, 1.54) is 4.90 Å². The first-order chi connectivity index (χ1) is 7.47. The van der Waals surface area contributed by atoms with Gasteiger partial charge in [-0.15, -0.1) is 0 Å². The normalized spacial score (nSPS) is 14.9. The van der Waals surface area contributed by atoms with Crippen LogP contribution in [0.25, 0.3) is 0 Å². The summed E-state index contributed by atoms with van der Waals surface area (Å²) in [6.07, 6.45) is -0.266. The van der Waals surface area contributed by atoms with Crippen molar-refractivity contribution in [2.24, 2.45) is 0 Å². The fourth-order valence-corrected chi connectivity index (χ4v) is 1.60. The Hall–Kier alpha value is -0.870. The summed E-state index contributed by atoms with van der Waals surface area (Å²) >= 11 is 0. The van der Waals surface area contributed by atoms with Crippen molar-refractivity contribution in [3.8, 4) is 0 Å². The highest BCUT2D eigenvalue weighted by Crippen LogP contribution is 2.22. The molecule has 0 heterocycles. The molecule has 102 valence electrons. The molecule has 0 aliphatic heterocycles. The van der Waals surface area contributed by atoms with E-state index in [2.05, 4.69) is 0 Å². The van der Waals surface area contributed by atoms with Gasteiger partial charge >= 0.3 is 21.5 Å². The maximum Gasteiger partial charge on any atom is 0.511 e. The number of halogens is 3. The standard InChI is InChI=1S/C7H13F3N2O4S/c1-12(2)4-3-5(6(13)14)11-17(15,16)7(8,9)10/h5,11H,3-4H2,1-2H3,(H,13,14).